The van der Waals surface area contributed by atoms with Crippen LogP contribution >= 0.6 is 0 Å². The topological polar surface area (TPSA) is 78.1 Å². The molecule has 3 rings (SSSR count). The molecule has 2 saturated heterocycles. The molecule has 6 nitrogen and oxygen atoms in total. The number of aryl methyl sites for hydroxylation is 2. The zero-order chi connectivity index (χ0) is 13.6. The minimum atomic E-state index is -3.41. The van der Waals surface area contributed by atoms with Gasteiger partial charge in [0.25, 0.3) is 0 Å². The zero-order valence-electron chi connectivity index (χ0n) is 11.3. The second-order valence-corrected chi connectivity index (χ2v) is 7.47. The van der Waals surface area contributed by atoms with Gasteiger partial charge in [0.2, 0.25) is 10.0 Å². The van der Waals surface area contributed by atoms with Gasteiger partial charge in [0, 0.05) is 13.1 Å². The minimum absolute atomic E-state index is 0.358. The van der Waals surface area contributed by atoms with Crippen LogP contribution in [0.25, 0.3) is 0 Å². The standard InChI is InChI=1S/C12H20N4O2S/c1-8-12(9(2)15-14-8)19(17,18)16-4-3-10-5-13-6-11(10)7-16/h10-11,13H,3-7H2,1-2H3,(H,14,15). The first-order valence-corrected chi connectivity index (χ1v) is 8.16. The van der Waals surface area contributed by atoms with E-state index in [9.17, 15) is 8.42 Å². The molecule has 0 bridgehead atoms. The second kappa shape index (κ2) is 4.57. The fraction of sp³-hybridized carbons (Fsp3) is 0.750. The maximum Gasteiger partial charge on any atom is 0.246 e. The monoisotopic (exact) mass is 284 g/mol. The van der Waals surface area contributed by atoms with E-state index in [4.69, 9.17) is 0 Å². The third kappa shape index (κ3) is 2.09. The van der Waals surface area contributed by atoms with Crippen LogP contribution in [0.15, 0.2) is 4.90 Å². The first-order chi connectivity index (χ1) is 9.00. The van der Waals surface area contributed by atoms with Crippen LogP contribution in [0.3, 0.4) is 0 Å². The highest BCUT2D eigenvalue weighted by molar-refractivity contribution is 7.89. The van der Waals surface area contributed by atoms with Gasteiger partial charge < -0.3 is 5.32 Å². The van der Waals surface area contributed by atoms with Gasteiger partial charge in [-0.25, -0.2) is 8.42 Å². The fourth-order valence-corrected chi connectivity index (χ4v) is 5.11. The third-order valence-corrected chi connectivity index (χ3v) is 6.45. The molecule has 3 heterocycles. The van der Waals surface area contributed by atoms with Gasteiger partial charge in [-0.15, -0.1) is 0 Å². The number of nitrogens with zero attached hydrogens (tertiary/aromatic N) is 2. The van der Waals surface area contributed by atoms with Gasteiger partial charge in [-0.1, -0.05) is 0 Å². The number of H-pyrrole nitrogens is 1. The lowest BCUT2D eigenvalue weighted by Gasteiger charge is -2.33. The summed E-state index contributed by atoms with van der Waals surface area (Å²) in [5.74, 6) is 1.09. The number of nitrogens with one attached hydrogen (secondary N) is 2. The molecule has 106 valence electrons. The zero-order valence-corrected chi connectivity index (χ0v) is 12.1. The summed E-state index contributed by atoms with van der Waals surface area (Å²) < 4.78 is 27.1. The van der Waals surface area contributed by atoms with Gasteiger partial charge in [0.1, 0.15) is 4.90 Å². The van der Waals surface area contributed by atoms with E-state index in [0.29, 0.717) is 41.2 Å². The van der Waals surface area contributed by atoms with Crippen molar-refractivity contribution in [2.24, 2.45) is 11.8 Å². The second-order valence-electron chi connectivity index (χ2n) is 5.59. The first-order valence-electron chi connectivity index (χ1n) is 6.72. The number of piperidine rings is 1. The molecule has 2 aliphatic rings. The summed E-state index contributed by atoms with van der Waals surface area (Å²) in [6.45, 7) is 6.71. The maximum absolute atomic E-state index is 12.7. The molecule has 0 spiro atoms. The Morgan fingerprint density at radius 2 is 2.00 bits per heavy atom. The van der Waals surface area contributed by atoms with Crippen molar-refractivity contribution >= 4 is 10.0 Å². The number of aromatic amines is 1. The highest BCUT2D eigenvalue weighted by Crippen LogP contribution is 2.31. The van der Waals surface area contributed by atoms with Gasteiger partial charge in [0.05, 0.1) is 11.4 Å². The van der Waals surface area contributed by atoms with Crippen LogP contribution in [0.1, 0.15) is 17.8 Å². The number of hydrogen-bond donors (Lipinski definition) is 2. The normalized spacial score (nSPS) is 28.5. The molecule has 2 unspecified atom stereocenters. The molecular formula is C12H20N4O2S. The van der Waals surface area contributed by atoms with E-state index in [0.717, 1.165) is 19.5 Å². The third-order valence-electron chi connectivity index (χ3n) is 4.33. The molecule has 1 aromatic rings. The Bertz CT molecular complexity index is 561. The molecule has 0 radical (unpaired) electrons. The van der Waals surface area contributed by atoms with Gasteiger partial charge in [-0.3, -0.25) is 5.10 Å². The van der Waals surface area contributed by atoms with Crippen LogP contribution in [0.4, 0.5) is 0 Å². The van der Waals surface area contributed by atoms with Crippen molar-refractivity contribution < 1.29 is 8.42 Å². The number of fused-ring (bicyclic) bond motifs is 1. The molecule has 0 saturated carbocycles. The van der Waals surface area contributed by atoms with E-state index in [2.05, 4.69) is 15.5 Å². The molecule has 1 aromatic heterocycles. The summed E-state index contributed by atoms with van der Waals surface area (Å²) >= 11 is 0. The van der Waals surface area contributed by atoms with Gasteiger partial charge in [-0.05, 0) is 45.2 Å². The van der Waals surface area contributed by atoms with E-state index in [1.807, 2.05) is 0 Å². The number of hydrogen-bond acceptors (Lipinski definition) is 4. The molecule has 0 amide bonds. The Labute approximate surface area is 113 Å². The first kappa shape index (κ1) is 13.1. The van der Waals surface area contributed by atoms with Gasteiger partial charge >= 0.3 is 0 Å². The van der Waals surface area contributed by atoms with Crippen molar-refractivity contribution in [1.29, 1.82) is 0 Å². The van der Waals surface area contributed by atoms with Gasteiger partial charge in [-0.2, -0.15) is 9.40 Å². The van der Waals surface area contributed by atoms with Crippen LogP contribution in [-0.2, 0) is 10.0 Å². The van der Waals surface area contributed by atoms with E-state index < -0.39 is 10.0 Å². The van der Waals surface area contributed by atoms with E-state index in [1.165, 1.54) is 0 Å². The molecule has 2 aliphatic heterocycles. The lowest BCUT2D eigenvalue weighted by Crippen LogP contribution is -2.43. The molecule has 19 heavy (non-hydrogen) atoms. The summed E-state index contributed by atoms with van der Waals surface area (Å²) in [5, 5.41) is 10.1. The molecule has 0 aliphatic carbocycles. The Kier molecular flexibility index (Phi) is 3.15. The molecule has 2 fully saturated rings. The largest absolute Gasteiger partial charge is 0.316 e. The van der Waals surface area contributed by atoms with Crippen molar-refractivity contribution in [3.63, 3.8) is 0 Å². The Morgan fingerprint density at radius 3 is 2.68 bits per heavy atom. The average Bonchev–Trinajstić information content (AvgIpc) is 2.95. The summed E-state index contributed by atoms with van der Waals surface area (Å²) in [6, 6.07) is 0. The fourth-order valence-electron chi connectivity index (χ4n) is 3.27. The Morgan fingerprint density at radius 1 is 1.26 bits per heavy atom. The summed E-state index contributed by atoms with van der Waals surface area (Å²) in [4.78, 5) is 0.358. The van der Waals surface area contributed by atoms with E-state index in [1.54, 1.807) is 18.2 Å². The number of rotatable bonds is 2. The van der Waals surface area contributed by atoms with E-state index in [-0.39, 0.29) is 0 Å². The van der Waals surface area contributed by atoms with Crippen molar-refractivity contribution in [3.05, 3.63) is 11.4 Å². The van der Waals surface area contributed by atoms with Crippen molar-refractivity contribution in [1.82, 2.24) is 19.8 Å². The highest BCUT2D eigenvalue weighted by Gasteiger charge is 2.39. The molecular weight excluding hydrogens is 264 g/mol. The predicted molar refractivity (Wildman–Crippen MR) is 71.3 cm³/mol. The Hall–Kier alpha value is -0.920. The van der Waals surface area contributed by atoms with Crippen LogP contribution in [-0.4, -0.2) is 49.1 Å². The molecule has 2 N–H and O–H groups in total. The highest BCUT2D eigenvalue weighted by atomic mass is 32.2. The average molecular weight is 284 g/mol. The van der Waals surface area contributed by atoms with Crippen LogP contribution in [0, 0.1) is 25.7 Å². The van der Waals surface area contributed by atoms with Crippen molar-refractivity contribution in [2.45, 2.75) is 25.2 Å². The maximum atomic E-state index is 12.7. The lowest BCUT2D eigenvalue weighted by atomic mass is 9.90. The van der Waals surface area contributed by atoms with Crippen LogP contribution < -0.4 is 5.32 Å². The van der Waals surface area contributed by atoms with Crippen LogP contribution in [0.2, 0.25) is 0 Å². The predicted octanol–water partition coefficient (Wildman–Crippen LogP) is 0.257. The molecule has 2 atom stereocenters. The van der Waals surface area contributed by atoms with Crippen LogP contribution in [0.5, 0.6) is 0 Å². The summed E-state index contributed by atoms with van der Waals surface area (Å²) in [7, 11) is -3.41. The van der Waals surface area contributed by atoms with Crippen molar-refractivity contribution in [3.8, 4) is 0 Å². The van der Waals surface area contributed by atoms with Gasteiger partial charge in [0.15, 0.2) is 0 Å². The SMILES string of the molecule is Cc1n[nH]c(C)c1S(=O)(=O)N1CCC2CNCC2C1. The number of sulfonamides is 1. The molecule has 0 aromatic carbocycles. The quantitative estimate of drug-likeness (QED) is 0.816. The minimum Gasteiger partial charge on any atom is -0.316 e. The summed E-state index contributed by atoms with van der Waals surface area (Å²) in [6.07, 6.45) is 0.951. The van der Waals surface area contributed by atoms with Crippen molar-refractivity contribution in [2.75, 3.05) is 26.2 Å². The van der Waals surface area contributed by atoms with E-state index >= 15 is 0 Å². The number of aromatic nitrogens is 2. The summed E-state index contributed by atoms with van der Waals surface area (Å²) in [5.41, 5.74) is 1.19. The lowest BCUT2D eigenvalue weighted by molar-refractivity contribution is 0.227. The Balaban J connectivity index is 1.89. The smallest absolute Gasteiger partial charge is 0.246 e. The molecule has 7 heteroatoms.